The lowest BCUT2D eigenvalue weighted by atomic mass is 10.1. The van der Waals surface area contributed by atoms with Gasteiger partial charge in [-0.15, -0.1) is 0 Å². The van der Waals surface area contributed by atoms with Crippen molar-refractivity contribution < 1.29 is 9.72 Å². The standard InChI is InChI=1S/C14H19N3O3/c15-14(18)11-6-7-12(13(10-11)17(19)20)16-8-4-2-1-3-5-9-16/h6-7,10H,1-5,8-9H2,(H2,15,18). The predicted octanol–water partition coefficient (Wildman–Crippen LogP) is 2.46. The molecule has 0 bridgehead atoms. The molecule has 0 spiro atoms. The van der Waals surface area contributed by atoms with Gasteiger partial charge < -0.3 is 10.6 Å². The molecule has 1 heterocycles. The van der Waals surface area contributed by atoms with Crippen LogP contribution in [0.5, 0.6) is 0 Å². The molecule has 1 aromatic carbocycles. The minimum Gasteiger partial charge on any atom is -0.366 e. The van der Waals surface area contributed by atoms with Crippen molar-refractivity contribution in [2.24, 2.45) is 5.73 Å². The molecule has 0 saturated carbocycles. The molecule has 0 atom stereocenters. The molecule has 1 saturated heterocycles. The molecule has 1 aliphatic rings. The Kier molecular flexibility index (Phi) is 4.55. The number of hydrogen-bond acceptors (Lipinski definition) is 4. The third-order valence-electron chi connectivity index (χ3n) is 3.65. The van der Waals surface area contributed by atoms with Gasteiger partial charge in [-0.25, -0.2) is 0 Å². The molecule has 6 nitrogen and oxygen atoms in total. The number of amides is 1. The molecule has 6 heteroatoms. The van der Waals surface area contributed by atoms with Gasteiger partial charge in [0, 0.05) is 24.7 Å². The van der Waals surface area contributed by atoms with Gasteiger partial charge in [-0.2, -0.15) is 0 Å². The number of nitro benzene ring substituents is 1. The van der Waals surface area contributed by atoms with Crippen LogP contribution in [0.4, 0.5) is 11.4 Å². The highest BCUT2D eigenvalue weighted by Crippen LogP contribution is 2.30. The zero-order chi connectivity index (χ0) is 14.5. The van der Waals surface area contributed by atoms with Crippen LogP contribution in [0.3, 0.4) is 0 Å². The summed E-state index contributed by atoms with van der Waals surface area (Å²) >= 11 is 0. The number of benzene rings is 1. The van der Waals surface area contributed by atoms with Gasteiger partial charge in [0.25, 0.3) is 5.69 Å². The number of primary amides is 1. The van der Waals surface area contributed by atoms with E-state index in [1.54, 1.807) is 12.1 Å². The van der Waals surface area contributed by atoms with Gasteiger partial charge in [0.05, 0.1) is 4.92 Å². The first-order chi connectivity index (χ1) is 9.59. The average molecular weight is 277 g/mol. The van der Waals surface area contributed by atoms with E-state index < -0.39 is 10.8 Å². The summed E-state index contributed by atoms with van der Waals surface area (Å²) in [4.78, 5) is 24.0. The molecule has 1 fully saturated rings. The molecular formula is C14H19N3O3. The summed E-state index contributed by atoms with van der Waals surface area (Å²) in [6.07, 6.45) is 5.62. The van der Waals surface area contributed by atoms with Crippen LogP contribution in [-0.4, -0.2) is 23.9 Å². The number of carbonyl (C=O) groups is 1. The van der Waals surface area contributed by atoms with Gasteiger partial charge in [-0.05, 0) is 25.0 Å². The van der Waals surface area contributed by atoms with E-state index in [1.165, 1.54) is 12.5 Å². The molecule has 0 aromatic heterocycles. The molecule has 0 radical (unpaired) electrons. The number of hydrogen-bond donors (Lipinski definition) is 1. The summed E-state index contributed by atoms with van der Waals surface area (Å²) in [5, 5.41) is 11.2. The highest BCUT2D eigenvalue weighted by atomic mass is 16.6. The molecule has 108 valence electrons. The fourth-order valence-electron chi connectivity index (χ4n) is 2.58. The average Bonchev–Trinajstić information content (AvgIpc) is 2.37. The Bertz CT molecular complexity index is 508. The normalized spacial score (nSPS) is 16.3. The second kappa shape index (κ2) is 6.36. The van der Waals surface area contributed by atoms with Gasteiger partial charge in [0.15, 0.2) is 0 Å². The fourth-order valence-corrected chi connectivity index (χ4v) is 2.58. The van der Waals surface area contributed by atoms with Crippen molar-refractivity contribution in [1.29, 1.82) is 0 Å². The number of anilines is 1. The number of nitro groups is 1. The SMILES string of the molecule is NC(=O)c1ccc(N2CCCCCCC2)c([N+](=O)[O-])c1. The third-order valence-corrected chi connectivity index (χ3v) is 3.65. The molecule has 1 aliphatic heterocycles. The Hall–Kier alpha value is -2.11. The Morgan fingerprint density at radius 2 is 1.75 bits per heavy atom. The zero-order valence-corrected chi connectivity index (χ0v) is 11.4. The largest absolute Gasteiger partial charge is 0.366 e. The Balaban J connectivity index is 2.33. The number of nitrogens with zero attached hydrogens (tertiary/aromatic N) is 2. The second-order valence-electron chi connectivity index (χ2n) is 5.08. The molecular weight excluding hydrogens is 258 g/mol. The number of rotatable bonds is 3. The molecule has 1 aromatic rings. The Morgan fingerprint density at radius 3 is 2.30 bits per heavy atom. The summed E-state index contributed by atoms with van der Waals surface area (Å²) in [6.45, 7) is 1.63. The van der Waals surface area contributed by atoms with Gasteiger partial charge in [-0.3, -0.25) is 14.9 Å². The topological polar surface area (TPSA) is 89.5 Å². The Morgan fingerprint density at radius 1 is 1.15 bits per heavy atom. The highest BCUT2D eigenvalue weighted by molar-refractivity contribution is 5.94. The maximum atomic E-state index is 11.2. The van der Waals surface area contributed by atoms with Crippen molar-refractivity contribution in [3.8, 4) is 0 Å². The van der Waals surface area contributed by atoms with E-state index in [2.05, 4.69) is 0 Å². The van der Waals surface area contributed by atoms with E-state index in [0.29, 0.717) is 5.69 Å². The predicted molar refractivity (Wildman–Crippen MR) is 76.9 cm³/mol. The van der Waals surface area contributed by atoms with Crippen LogP contribution >= 0.6 is 0 Å². The summed E-state index contributed by atoms with van der Waals surface area (Å²) in [5.74, 6) is -0.646. The molecule has 2 rings (SSSR count). The second-order valence-corrected chi connectivity index (χ2v) is 5.08. The monoisotopic (exact) mass is 277 g/mol. The van der Waals surface area contributed by atoms with Crippen molar-refractivity contribution in [3.63, 3.8) is 0 Å². The minimum absolute atomic E-state index is 0.0399. The maximum absolute atomic E-state index is 11.2. The number of carbonyl (C=O) groups excluding carboxylic acids is 1. The first kappa shape index (κ1) is 14.3. The van der Waals surface area contributed by atoms with Crippen molar-refractivity contribution in [2.75, 3.05) is 18.0 Å². The van der Waals surface area contributed by atoms with Crippen LogP contribution in [0.1, 0.15) is 42.5 Å². The lowest BCUT2D eigenvalue weighted by Gasteiger charge is -2.26. The molecule has 20 heavy (non-hydrogen) atoms. The maximum Gasteiger partial charge on any atom is 0.293 e. The Labute approximate surface area is 117 Å². The van der Waals surface area contributed by atoms with Gasteiger partial charge in [0.2, 0.25) is 5.91 Å². The molecule has 0 unspecified atom stereocenters. The van der Waals surface area contributed by atoms with E-state index in [1.807, 2.05) is 4.90 Å². The van der Waals surface area contributed by atoms with Gasteiger partial charge in [-0.1, -0.05) is 19.3 Å². The van der Waals surface area contributed by atoms with Gasteiger partial charge >= 0.3 is 0 Å². The van der Waals surface area contributed by atoms with Crippen LogP contribution in [0.2, 0.25) is 0 Å². The van der Waals surface area contributed by atoms with E-state index in [4.69, 9.17) is 5.73 Å². The summed E-state index contributed by atoms with van der Waals surface area (Å²) < 4.78 is 0. The molecule has 0 aliphatic carbocycles. The van der Waals surface area contributed by atoms with Crippen molar-refractivity contribution in [3.05, 3.63) is 33.9 Å². The summed E-state index contributed by atoms with van der Waals surface area (Å²) in [6, 6.07) is 4.47. The first-order valence-corrected chi connectivity index (χ1v) is 6.93. The number of nitrogens with two attached hydrogens (primary N) is 1. The summed E-state index contributed by atoms with van der Waals surface area (Å²) in [5.41, 5.74) is 5.90. The minimum atomic E-state index is -0.646. The van der Waals surface area contributed by atoms with Crippen LogP contribution in [0.15, 0.2) is 18.2 Å². The molecule has 2 N–H and O–H groups in total. The van der Waals surface area contributed by atoms with Crippen molar-refractivity contribution in [1.82, 2.24) is 0 Å². The van der Waals surface area contributed by atoms with Gasteiger partial charge in [0.1, 0.15) is 5.69 Å². The van der Waals surface area contributed by atoms with E-state index in [-0.39, 0.29) is 11.3 Å². The smallest absolute Gasteiger partial charge is 0.293 e. The summed E-state index contributed by atoms with van der Waals surface area (Å²) in [7, 11) is 0. The van der Waals surface area contributed by atoms with Crippen LogP contribution in [0.25, 0.3) is 0 Å². The van der Waals surface area contributed by atoms with E-state index in [9.17, 15) is 14.9 Å². The lowest BCUT2D eigenvalue weighted by Crippen LogP contribution is -2.27. The van der Waals surface area contributed by atoms with E-state index in [0.717, 1.165) is 38.8 Å². The van der Waals surface area contributed by atoms with Crippen molar-refractivity contribution >= 4 is 17.3 Å². The van der Waals surface area contributed by atoms with Crippen molar-refractivity contribution in [2.45, 2.75) is 32.1 Å². The van der Waals surface area contributed by atoms with Crippen LogP contribution in [-0.2, 0) is 0 Å². The first-order valence-electron chi connectivity index (χ1n) is 6.93. The van der Waals surface area contributed by atoms with Crippen LogP contribution in [0, 0.1) is 10.1 Å². The van der Waals surface area contributed by atoms with Crippen LogP contribution < -0.4 is 10.6 Å². The lowest BCUT2D eigenvalue weighted by molar-refractivity contribution is -0.384. The fraction of sp³-hybridized carbons (Fsp3) is 0.500. The zero-order valence-electron chi connectivity index (χ0n) is 11.4. The highest BCUT2D eigenvalue weighted by Gasteiger charge is 2.21. The van der Waals surface area contributed by atoms with E-state index >= 15 is 0 Å². The third kappa shape index (κ3) is 3.26. The quantitative estimate of drug-likeness (QED) is 0.678. The molecule has 1 amide bonds.